The molecule has 0 N–H and O–H groups in total. The minimum Gasteiger partial charge on any atom is -0.255 e. The molecular weight excluding hydrogens is 133 g/mol. The normalized spacial score (nSPS) is 12.0. The van der Waals surface area contributed by atoms with E-state index < -0.39 is 5.67 Å². The first-order valence-corrected chi connectivity index (χ1v) is 3.06. The second kappa shape index (κ2) is 2.04. The number of nitrogens with zero attached hydrogens (tertiary/aromatic N) is 3. The molecule has 0 aliphatic heterocycles. The Kier molecular flexibility index (Phi) is 1.46. The van der Waals surface area contributed by atoms with E-state index in [2.05, 4.69) is 10.3 Å². The number of aromatic nitrogens is 3. The lowest BCUT2D eigenvalue weighted by Gasteiger charge is -2.07. The summed E-state index contributed by atoms with van der Waals surface area (Å²) in [7, 11) is 1.71. The van der Waals surface area contributed by atoms with Crippen LogP contribution in [-0.4, -0.2) is 15.0 Å². The second-order valence-electron chi connectivity index (χ2n) is 2.75. The van der Waals surface area contributed by atoms with Gasteiger partial charge < -0.3 is 0 Å². The summed E-state index contributed by atoms with van der Waals surface area (Å²) < 4.78 is 14.5. The molecule has 0 spiro atoms. The van der Waals surface area contributed by atoms with E-state index in [1.54, 1.807) is 13.2 Å². The van der Waals surface area contributed by atoms with Gasteiger partial charge in [-0.1, -0.05) is 5.21 Å². The Balaban J connectivity index is 2.96. The third kappa shape index (κ3) is 1.32. The third-order valence-corrected chi connectivity index (χ3v) is 1.21. The van der Waals surface area contributed by atoms with Crippen molar-refractivity contribution in [3.8, 4) is 0 Å². The number of hydrogen-bond acceptors (Lipinski definition) is 2. The Bertz CT molecular complexity index is 223. The van der Waals surface area contributed by atoms with Crippen molar-refractivity contribution in [2.24, 2.45) is 7.05 Å². The highest BCUT2D eigenvalue weighted by Crippen LogP contribution is 2.20. The zero-order chi connectivity index (χ0) is 7.78. The van der Waals surface area contributed by atoms with E-state index in [1.165, 1.54) is 18.5 Å². The van der Waals surface area contributed by atoms with Crippen molar-refractivity contribution >= 4 is 0 Å². The number of rotatable bonds is 1. The van der Waals surface area contributed by atoms with E-state index in [0.717, 1.165) is 0 Å². The van der Waals surface area contributed by atoms with Gasteiger partial charge in [-0.15, -0.1) is 5.10 Å². The molecule has 3 nitrogen and oxygen atoms in total. The molecule has 1 aromatic heterocycles. The first-order valence-electron chi connectivity index (χ1n) is 3.06. The third-order valence-electron chi connectivity index (χ3n) is 1.21. The molecule has 0 fully saturated rings. The van der Waals surface area contributed by atoms with Gasteiger partial charge in [0, 0.05) is 7.05 Å². The molecule has 0 radical (unpaired) electrons. The van der Waals surface area contributed by atoms with Crippen molar-refractivity contribution in [2.45, 2.75) is 19.5 Å². The van der Waals surface area contributed by atoms with Gasteiger partial charge in [-0.25, -0.2) is 4.39 Å². The van der Waals surface area contributed by atoms with Crippen LogP contribution in [0, 0.1) is 0 Å². The summed E-state index contributed by atoms with van der Waals surface area (Å²) in [6.07, 6.45) is 1.57. The molecule has 1 aromatic rings. The van der Waals surface area contributed by atoms with Crippen molar-refractivity contribution in [1.82, 2.24) is 15.0 Å². The van der Waals surface area contributed by atoms with Crippen LogP contribution >= 0.6 is 0 Å². The van der Waals surface area contributed by atoms with Gasteiger partial charge in [0.1, 0.15) is 5.69 Å². The topological polar surface area (TPSA) is 30.7 Å². The monoisotopic (exact) mass is 143 g/mol. The van der Waals surface area contributed by atoms with Crippen molar-refractivity contribution in [2.75, 3.05) is 0 Å². The molecule has 0 aliphatic rings. The van der Waals surface area contributed by atoms with Crippen molar-refractivity contribution in [1.29, 1.82) is 0 Å². The lowest BCUT2D eigenvalue weighted by molar-refractivity contribution is 0.214. The van der Waals surface area contributed by atoms with Crippen molar-refractivity contribution in [3.63, 3.8) is 0 Å². The lowest BCUT2D eigenvalue weighted by atomic mass is 10.1. The minimum atomic E-state index is -1.38. The molecule has 0 unspecified atom stereocenters. The highest BCUT2D eigenvalue weighted by molar-refractivity contribution is 5.02. The van der Waals surface area contributed by atoms with Crippen LogP contribution in [0.5, 0.6) is 0 Å². The second-order valence-corrected chi connectivity index (χ2v) is 2.75. The average Bonchev–Trinajstić information content (AvgIpc) is 2.11. The van der Waals surface area contributed by atoms with Crippen LogP contribution in [0.1, 0.15) is 19.5 Å². The number of hydrogen-bond donors (Lipinski definition) is 0. The molecule has 0 saturated carbocycles. The molecule has 1 heterocycles. The highest BCUT2D eigenvalue weighted by atomic mass is 19.1. The van der Waals surface area contributed by atoms with Gasteiger partial charge in [0.2, 0.25) is 0 Å². The minimum absolute atomic E-state index is 0.370. The maximum Gasteiger partial charge on any atom is 0.150 e. The molecule has 1 rings (SSSR count). The summed E-state index contributed by atoms with van der Waals surface area (Å²) in [5.74, 6) is 0. The summed E-state index contributed by atoms with van der Waals surface area (Å²) in [5, 5.41) is 7.23. The first-order chi connectivity index (χ1) is 4.50. The SMILES string of the molecule is Cn1cc(C(C)(C)F)nn1. The molecule has 0 aliphatic carbocycles. The van der Waals surface area contributed by atoms with E-state index in [1.807, 2.05) is 0 Å². The van der Waals surface area contributed by atoms with Crippen LogP contribution in [0.4, 0.5) is 4.39 Å². The fourth-order valence-electron chi connectivity index (χ4n) is 0.620. The molecule has 56 valence electrons. The van der Waals surface area contributed by atoms with Crippen LogP contribution in [0.25, 0.3) is 0 Å². The largest absolute Gasteiger partial charge is 0.255 e. The first kappa shape index (κ1) is 7.18. The van der Waals surface area contributed by atoms with E-state index >= 15 is 0 Å². The molecule has 0 saturated heterocycles. The predicted molar refractivity (Wildman–Crippen MR) is 35.1 cm³/mol. The van der Waals surface area contributed by atoms with E-state index in [-0.39, 0.29) is 0 Å². The fraction of sp³-hybridized carbons (Fsp3) is 0.667. The lowest BCUT2D eigenvalue weighted by Crippen LogP contribution is -2.09. The number of halogens is 1. The average molecular weight is 143 g/mol. The van der Waals surface area contributed by atoms with Crippen LogP contribution < -0.4 is 0 Å². The summed E-state index contributed by atoms with van der Waals surface area (Å²) in [5.41, 5.74) is -1.01. The van der Waals surface area contributed by atoms with Gasteiger partial charge in [0.25, 0.3) is 0 Å². The standard InChI is InChI=1S/C6H10FN3/c1-6(2,7)5-4-10(3)9-8-5/h4H,1-3H3. The van der Waals surface area contributed by atoms with Crippen LogP contribution in [0.15, 0.2) is 6.20 Å². The van der Waals surface area contributed by atoms with E-state index in [9.17, 15) is 4.39 Å². The Morgan fingerprint density at radius 2 is 2.20 bits per heavy atom. The van der Waals surface area contributed by atoms with Crippen LogP contribution in [0.2, 0.25) is 0 Å². The van der Waals surface area contributed by atoms with Crippen LogP contribution in [-0.2, 0) is 12.7 Å². The number of aryl methyl sites for hydroxylation is 1. The van der Waals surface area contributed by atoms with Crippen molar-refractivity contribution in [3.05, 3.63) is 11.9 Å². The zero-order valence-electron chi connectivity index (χ0n) is 6.30. The van der Waals surface area contributed by atoms with Crippen LogP contribution in [0.3, 0.4) is 0 Å². The summed E-state index contributed by atoms with van der Waals surface area (Å²) in [6.45, 7) is 2.91. The summed E-state index contributed by atoms with van der Waals surface area (Å²) in [4.78, 5) is 0. The smallest absolute Gasteiger partial charge is 0.150 e. The zero-order valence-corrected chi connectivity index (χ0v) is 6.30. The van der Waals surface area contributed by atoms with Crippen molar-refractivity contribution < 1.29 is 4.39 Å². The Morgan fingerprint density at radius 1 is 1.60 bits per heavy atom. The van der Waals surface area contributed by atoms with E-state index in [4.69, 9.17) is 0 Å². The maximum absolute atomic E-state index is 13.0. The van der Waals surface area contributed by atoms with Gasteiger partial charge in [-0.2, -0.15) is 0 Å². The Labute approximate surface area is 58.9 Å². The molecule has 0 atom stereocenters. The summed E-state index contributed by atoms with van der Waals surface area (Å²) in [6, 6.07) is 0. The molecule has 4 heteroatoms. The van der Waals surface area contributed by atoms with Gasteiger partial charge in [-0.05, 0) is 13.8 Å². The Morgan fingerprint density at radius 3 is 2.40 bits per heavy atom. The Hall–Kier alpha value is -0.930. The van der Waals surface area contributed by atoms with Gasteiger partial charge in [-0.3, -0.25) is 4.68 Å². The van der Waals surface area contributed by atoms with Gasteiger partial charge >= 0.3 is 0 Å². The molecule has 0 amide bonds. The molecule has 0 aromatic carbocycles. The predicted octanol–water partition coefficient (Wildman–Crippen LogP) is 1.02. The molecule has 10 heavy (non-hydrogen) atoms. The maximum atomic E-state index is 13.0. The number of alkyl halides is 1. The molecule has 0 bridgehead atoms. The van der Waals surface area contributed by atoms with Gasteiger partial charge in [0.15, 0.2) is 5.67 Å². The van der Waals surface area contributed by atoms with E-state index in [0.29, 0.717) is 5.69 Å². The highest BCUT2D eigenvalue weighted by Gasteiger charge is 2.21. The fourth-order valence-corrected chi connectivity index (χ4v) is 0.620. The quantitative estimate of drug-likeness (QED) is 0.587. The summed E-state index contributed by atoms with van der Waals surface area (Å²) >= 11 is 0. The van der Waals surface area contributed by atoms with Gasteiger partial charge in [0.05, 0.1) is 6.20 Å². The molecular formula is C6H10FN3.